The van der Waals surface area contributed by atoms with E-state index in [0.717, 1.165) is 38.9 Å². The summed E-state index contributed by atoms with van der Waals surface area (Å²) in [5.74, 6) is -0.747. The Morgan fingerprint density at radius 3 is 2.48 bits per heavy atom. The van der Waals surface area contributed by atoms with E-state index in [2.05, 4.69) is 10.3 Å². The van der Waals surface area contributed by atoms with Gasteiger partial charge in [-0.2, -0.15) is 0 Å². The van der Waals surface area contributed by atoms with Crippen molar-refractivity contribution in [2.45, 2.75) is 32.0 Å². The number of hydrogen-bond acceptors (Lipinski definition) is 3. The summed E-state index contributed by atoms with van der Waals surface area (Å²) in [7, 11) is 0. The summed E-state index contributed by atoms with van der Waals surface area (Å²) in [6.45, 7) is 2.22. The van der Waals surface area contributed by atoms with Gasteiger partial charge in [-0.25, -0.2) is 9.69 Å². The van der Waals surface area contributed by atoms with Crippen LogP contribution in [0.2, 0.25) is 5.02 Å². The summed E-state index contributed by atoms with van der Waals surface area (Å²) in [5.41, 5.74) is 6.15. The van der Waals surface area contributed by atoms with Crippen molar-refractivity contribution < 1.29 is 14.4 Å². The van der Waals surface area contributed by atoms with Crippen molar-refractivity contribution in [3.05, 3.63) is 136 Å². The Hall–Kier alpha value is -4.88. The van der Waals surface area contributed by atoms with Crippen LogP contribution in [0.1, 0.15) is 44.3 Å². The SMILES string of the molecule is Cc1ccccc1C1c2[nH]c3ccccc3c2CC2C(=O)N(c3ccccc3C(=O)NCc3ccccc3Cl)C(=O)N21. The van der Waals surface area contributed by atoms with E-state index in [1.165, 1.54) is 4.90 Å². The molecule has 1 aromatic heterocycles. The van der Waals surface area contributed by atoms with E-state index in [-0.39, 0.29) is 23.7 Å². The number of nitrogens with one attached hydrogen (secondary N) is 2. The van der Waals surface area contributed by atoms with Crippen LogP contribution in [0, 0.1) is 6.92 Å². The maximum Gasteiger partial charge on any atom is 0.332 e. The van der Waals surface area contributed by atoms with Crippen LogP contribution in [0.5, 0.6) is 0 Å². The molecule has 0 radical (unpaired) electrons. The van der Waals surface area contributed by atoms with Gasteiger partial charge in [-0.1, -0.05) is 84.4 Å². The van der Waals surface area contributed by atoms with Gasteiger partial charge in [0, 0.05) is 34.6 Å². The Kier molecular flexibility index (Phi) is 6.32. The Labute approximate surface area is 247 Å². The average molecular weight is 575 g/mol. The van der Waals surface area contributed by atoms with E-state index >= 15 is 0 Å². The predicted octanol–water partition coefficient (Wildman–Crippen LogP) is 6.54. The first-order valence-corrected chi connectivity index (χ1v) is 14.2. The molecular weight excluding hydrogens is 548 g/mol. The fourth-order valence-electron chi connectivity index (χ4n) is 6.29. The monoisotopic (exact) mass is 574 g/mol. The maximum atomic E-state index is 14.3. The fraction of sp³-hybridized carbons (Fsp3) is 0.147. The first kappa shape index (κ1) is 26.0. The Morgan fingerprint density at radius 1 is 0.929 bits per heavy atom. The summed E-state index contributed by atoms with van der Waals surface area (Å²) >= 11 is 6.28. The lowest BCUT2D eigenvalue weighted by atomic mass is 9.87. The number of benzene rings is 4. The minimum Gasteiger partial charge on any atom is -0.356 e. The molecule has 3 heterocycles. The molecule has 42 heavy (non-hydrogen) atoms. The molecule has 5 aromatic rings. The van der Waals surface area contributed by atoms with Crippen molar-refractivity contribution in [3.8, 4) is 0 Å². The molecule has 0 saturated carbocycles. The van der Waals surface area contributed by atoms with Crippen LogP contribution < -0.4 is 10.2 Å². The number of rotatable bonds is 5. The van der Waals surface area contributed by atoms with Gasteiger partial charge in [0.15, 0.2) is 0 Å². The highest BCUT2D eigenvalue weighted by atomic mass is 35.5. The summed E-state index contributed by atoms with van der Waals surface area (Å²) in [5, 5.41) is 4.49. The number of amides is 4. The van der Waals surface area contributed by atoms with E-state index in [1.54, 1.807) is 35.2 Å². The lowest BCUT2D eigenvalue weighted by Crippen LogP contribution is -2.44. The highest BCUT2D eigenvalue weighted by Crippen LogP contribution is 2.45. The van der Waals surface area contributed by atoms with Crippen LogP contribution in [0.25, 0.3) is 10.9 Å². The van der Waals surface area contributed by atoms with Gasteiger partial charge in [0.1, 0.15) is 12.1 Å². The molecule has 0 aliphatic carbocycles. The largest absolute Gasteiger partial charge is 0.356 e. The zero-order valence-corrected chi connectivity index (χ0v) is 23.6. The summed E-state index contributed by atoms with van der Waals surface area (Å²) in [6, 6.07) is 28.3. The highest BCUT2D eigenvalue weighted by Gasteiger charge is 2.53. The maximum absolute atomic E-state index is 14.3. The fourth-order valence-corrected chi connectivity index (χ4v) is 6.49. The number of hydrogen-bond donors (Lipinski definition) is 2. The molecule has 1 fully saturated rings. The van der Waals surface area contributed by atoms with Gasteiger partial charge in [-0.3, -0.25) is 14.5 Å². The summed E-state index contributed by atoms with van der Waals surface area (Å²) in [6.07, 6.45) is 0.379. The van der Waals surface area contributed by atoms with Crippen LogP contribution in [-0.2, 0) is 17.8 Å². The third kappa shape index (κ3) is 4.08. The molecule has 4 aromatic carbocycles. The number of H-pyrrole nitrogens is 1. The zero-order chi connectivity index (χ0) is 29.0. The minimum absolute atomic E-state index is 0.209. The van der Waals surface area contributed by atoms with Crippen molar-refractivity contribution in [2.24, 2.45) is 0 Å². The Bertz CT molecular complexity index is 1900. The topological polar surface area (TPSA) is 85.5 Å². The first-order valence-electron chi connectivity index (χ1n) is 13.9. The van der Waals surface area contributed by atoms with Crippen molar-refractivity contribution in [2.75, 3.05) is 4.90 Å². The quantitative estimate of drug-likeness (QED) is 0.234. The predicted molar refractivity (Wildman–Crippen MR) is 163 cm³/mol. The number of fused-ring (bicyclic) bond motifs is 4. The standard InChI is InChI=1S/C34H27ClN4O3/c1-20-10-2-4-12-22(20)31-30-25(23-13-5-8-16-27(23)37-30)18-29-33(41)39(34(42)38(29)31)28-17-9-6-14-24(28)32(40)36-19-21-11-3-7-15-26(21)35/h2-17,29,31,37H,18-19H2,1H3,(H,36,40). The molecule has 2 atom stereocenters. The number of aromatic nitrogens is 1. The molecule has 208 valence electrons. The summed E-state index contributed by atoms with van der Waals surface area (Å²) < 4.78 is 0. The number of carbonyl (C=O) groups excluding carboxylic acids is 3. The third-order valence-electron chi connectivity index (χ3n) is 8.32. The van der Waals surface area contributed by atoms with E-state index < -0.39 is 24.0 Å². The molecule has 8 heteroatoms. The third-order valence-corrected chi connectivity index (χ3v) is 8.69. The lowest BCUT2D eigenvalue weighted by Gasteiger charge is -2.36. The molecule has 7 rings (SSSR count). The molecule has 2 aliphatic heterocycles. The molecule has 2 unspecified atom stereocenters. The van der Waals surface area contributed by atoms with Crippen LogP contribution in [0.15, 0.2) is 97.1 Å². The van der Waals surface area contributed by atoms with Gasteiger partial charge >= 0.3 is 6.03 Å². The van der Waals surface area contributed by atoms with Gasteiger partial charge < -0.3 is 10.3 Å². The van der Waals surface area contributed by atoms with E-state index in [1.807, 2.05) is 73.7 Å². The second-order valence-electron chi connectivity index (χ2n) is 10.7. The van der Waals surface area contributed by atoms with Crippen LogP contribution in [0.4, 0.5) is 10.5 Å². The van der Waals surface area contributed by atoms with Gasteiger partial charge in [0.2, 0.25) is 0 Å². The van der Waals surface area contributed by atoms with Crippen molar-refractivity contribution in [3.63, 3.8) is 0 Å². The smallest absolute Gasteiger partial charge is 0.332 e. The van der Waals surface area contributed by atoms with Gasteiger partial charge in [0.25, 0.3) is 11.8 Å². The lowest BCUT2D eigenvalue weighted by molar-refractivity contribution is -0.120. The van der Waals surface area contributed by atoms with Gasteiger partial charge in [-0.15, -0.1) is 0 Å². The molecule has 4 amide bonds. The average Bonchev–Trinajstić information content (AvgIpc) is 3.50. The van der Waals surface area contributed by atoms with E-state index in [9.17, 15) is 14.4 Å². The first-order chi connectivity index (χ1) is 20.4. The number of anilines is 1. The Balaban J connectivity index is 1.29. The molecule has 1 saturated heterocycles. The van der Waals surface area contributed by atoms with Crippen LogP contribution >= 0.6 is 11.6 Å². The van der Waals surface area contributed by atoms with E-state index in [4.69, 9.17) is 11.6 Å². The zero-order valence-electron chi connectivity index (χ0n) is 22.8. The summed E-state index contributed by atoms with van der Waals surface area (Å²) in [4.78, 5) is 48.4. The van der Waals surface area contributed by atoms with Gasteiger partial charge in [0.05, 0.1) is 11.3 Å². The molecule has 2 aliphatic rings. The van der Waals surface area contributed by atoms with Crippen molar-refractivity contribution in [1.82, 2.24) is 15.2 Å². The molecule has 2 N–H and O–H groups in total. The molecular formula is C34H27ClN4O3. The molecule has 0 spiro atoms. The number of aromatic amines is 1. The molecule has 0 bridgehead atoms. The number of imide groups is 1. The number of aryl methyl sites for hydroxylation is 1. The van der Waals surface area contributed by atoms with Crippen molar-refractivity contribution >= 4 is 46.0 Å². The molecule has 7 nitrogen and oxygen atoms in total. The van der Waals surface area contributed by atoms with Crippen molar-refractivity contribution in [1.29, 1.82) is 0 Å². The number of para-hydroxylation sites is 2. The second-order valence-corrected chi connectivity index (χ2v) is 11.1. The highest BCUT2D eigenvalue weighted by molar-refractivity contribution is 6.31. The normalized spacial score (nSPS) is 17.9. The number of halogens is 1. The van der Waals surface area contributed by atoms with Crippen LogP contribution in [0.3, 0.4) is 0 Å². The number of nitrogens with zero attached hydrogens (tertiary/aromatic N) is 2. The Morgan fingerprint density at radius 2 is 1.64 bits per heavy atom. The van der Waals surface area contributed by atoms with E-state index in [0.29, 0.717) is 11.4 Å². The number of urea groups is 1. The number of carbonyl (C=O) groups is 3. The van der Waals surface area contributed by atoms with Crippen LogP contribution in [-0.4, -0.2) is 33.8 Å². The minimum atomic E-state index is -0.715. The second kappa shape index (κ2) is 10.2. The van der Waals surface area contributed by atoms with Gasteiger partial charge in [-0.05, 0) is 53.4 Å².